The summed E-state index contributed by atoms with van der Waals surface area (Å²) in [6, 6.07) is 1.79. The van der Waals surface area contributed by atoms with Gasteiger partial charge in [0, 0.05) is 23.0 Å². The van der Waals surface area contributed by atoms with Crippen LogP contribution in [0.1, 0.15) is 39.8 Å². The minimum Gasteiger partial charge on any atom is -0.313 e. The molecule has 20 heavy (non-hydrogen) atoms. The van der Waals surface area contributed by atoms with E-state index in [-0.39, 0.29) is 17.1 Å². The van der Waals surface area contributed by atoms with Crippen LogP contribution in [0.5, 0.6) is 0 Å². The maximum absolute atomic E-state index is 10.7. The zero-order chi connectivity index (χ0) is 15.3. The van der Waals surface area contributed by atoms with E-state index in [1.54, 1.807) is 0 Å². The molecule has 0 aromatic carbocycles. The summed E-state index contributed by atoms with van der Waals surface area (Å²) < 4.78 is 0.694. The first-order valence-electron chi connectivity index (χ1n) is 6.78. The summed E-state index contributed by atoms with van der Waals surface area (Å²) in [5, 5.41) is 14.2. The zero-order valence-corrected chi connectivity index (χ0v) is 14.0. The lowest BCUT2D eigenvalue weighted by Crippen LogP contribution is -2.42. The Morgan fingerprint density at radius 1 is 1.50 bits per heavy atom. The average molecular weight is 344 g/mol. The van der Waals surface area contributed by atoms with E-state index in [9.17, 15) is 10.1 Å². The molecule has 1 aromatic heterocycles. The highest BCUT2D eigenvalue weighted by Gasteiger charge is 2.25. The summed E-state index contributed by atoms with van der Waals surface area (Å²) >= 11 is 3.38. The standard InChI is InChI=1S/C14H22BrN3O2/c1-5-6-16-13(14(2,3)4)8-12-11(15)7-10(9-17-12)18(19)20/h7,9,13,16H,5-6,8H2,1-4H3. The molecule has 0 aliphatic carbocycles. The van der Waals surface area contributed by atoms with Gasteiger partial charge in [0.2, 0.25) is 0 Å². The fourth-order valence-corrected chi connectivity index (χ4v) is 2.40. The predicted octanol–water partition coefficient (Wildman–Crippen LogP) is 3.71. The minimum atomic E-state index is -0.432. The molecule has 0 aliphatic heterocycles. The lowest BCUT2D eigenvalue weighted by atomic mass is 9.84. The van der Waals surface area contributed by atoms with Crippen molar-refractivity contribution in [3.8, 4) is 0 Å². The van der Waals surface area contributed by atoms with Gasteiger partial charge in [0.1, 0.15) is 6.20 Å². The van der Waals surface area contributed by atoms with E-state index in [1.807, 2.05) is 0 Å². The van der Waals surface area contributed by atoms with E-state index in [2.05, 4.69) is 53.9 Å². The van der Waals surface area contributed by atoms with Crippen LogP contribution in [0.2, 0.25) is 0 Å². The SMILES string of the molecule is CCCNC(Cc1ncc([N+](=O)[O-])cc1Br)C(C)(C)C. The van der Waals surface area contributed by atoms with Crippen LogP contribution in [0.25, 0.3) is 0 Å². The number of aromatic nitrogens is 1. The van der Waals surface area contributed by atoms with Crippen molar-refractivity contribution in [2.75, 3.05) is 6.54 Å². The molecule has 1 unspecified atom stereocenters. The summed E-state index contributed by atoms with van der Waals surface area (Å²) in [4.78, 5) is 14.5. The van der Waals surface area contributed by atoms with Gasteiger partial charge in [0.05, 0.1) is 10.6 Å². The van der Waals surface area contributed by atoms with Gasteiger partial charge < -0.3 is 5.32 Å². The highest BCUT2D eigenvalue weighted by Crippen LogP contribution is 2.27. The molecule has 0 saturated heterocycles. The maximum atomic E-state index is 10.7. The molecule has 6 heteroatoms. The number of nitrogens with one attached hydrogen (secondary N) is 1. The van der Waals surface area contributed by atoms with Crippen molar-refractivity contribution in [2.45, 2.75) is 46.6 Å². The molecule has 0 fully saturated rings. The van der Waals surface area contributed by atoms with Crippen molar-refractivity contribution in [3.05, 3.63) is 32.5 Å². The minimum absolute atomic E-state index is 0.00875. The molecule has 0 bridgehead atoms. The van der Waals surface area contributed by atoms with Crippen LogP contribution in [-0.2, 0) is 6.42 Å². The van der Waals surface area contributed by atoms with Crippen molar-refractivity contribution in [1.82, 2.24) is 10.3 Å². The van der Waals surface area contributed by atoms with Crippen LogP contribution in [0.15, 0.2) is 16.7 Å². The van der Waals surface area contributed by atoms with Gasteiger partial charge in [-0.15, -0.1) is 0 Å². The molecule has 0 saturated carbocycles. The molecule has 1 heterocycles. The number of hydrogen-bond acceptors (Lipinski definition) is 4. The van der Waals surface area contributed by atoms with E-state index in [0.29, 0.717) is 4.47 Å². The van der Waals surface area contributed by atoms with Gasteiger partial charge in [-0.25, -0.2) is 0 Å². The normalized spacial score (nSPS) is 13.2. The Kier molecular flexibility index (Phi) is 6.07. The van der Waals surface area contributed by atoms with E-state index in [1.165, 1.54) is 12.3 Å². The molecular formula is C14H22BrN3O2. The third-order valence-corrected chi connectivity index (χ3v) is 3.88. The monoisotopic (exact) mass is 343 g/mol. The van der Waals surface area contributed by atoms with Crippen LogP contribution < -0.4 is 5.32 Å². The van der Waals surface area contributed by atoms with Gasteiger partial charge in [0.15, 0.2) is 0 Å². The summed E-state index contributed by atoms with van der Waals surface area (Å²) in [6.07, 6.45) is 3.13. The fourth-order valence-electron chi connectivity index (χ4n) is 1.90. The zero-order valence-electron chi connectivity index (χ0n) is 12.4. The smallest absolute Gasteiger partial charge is 0.288 e. The van der Waals surface area contributed by atoms with Gasteiger partial charge in [-0.05, 0) is 34.3 Å². The predicted molar refractivity (Wildman–Crippen MR) is 83.8 cm³/mol. The summed E-state index contributed by atoms with van der Waals surface area (Å²) in [7, 11) is 0. The number of nitrogens with zero attached hydrogens (tertiary/aromatic N) is 2. The van der Waals surface area contributed by atoms with Gasteiger partial charge in [-0.3, -0.25) is 15.1 Å². The molecule has 1 atom stereocenters. The molecule has 1 aromatic rings. The number of hydrogen-bond donors (Lipinski definition) is 1. The molecule has 0 amide bonds. The van der Waals surface area contributed by atoms with Crippen LogP contribution in [-0.4, -0.2) is 22.5 Å². The van der Waals surface area contributed by atoms with Crippen LogP contribution in [0, 0.1) is 15.5 Å². The molecule has 0 aliphatic rings. The van der Waals surface area contributed by atoms with Crippen molar-refractivity contribution in [3.63, 3.8) is 0 Å². The second kappa shape index (κ2) is 7.13. The Morgan fingerprint density at radius 3 is 2.60 bits per heavy atom. The second-order valence-electron chi connectivity index (χ2n) is 5.96. The van der Waals surface area contributed by atoms with Gasteiger partial charge in [-0.1, -0.05) is 27.7 Å². The van der Waals surface area contributed by atoms with Crippen molar-refractivity contribution in [2.24, 2.45) is 5.41 Å². The summed E-state index contributed by atoms with van der Waals surface area (Å²) in [5.41, 5.74) is 0.950. The van der Waals surface area contributed by atoms with E-state index >= 15 is 0 Å². The Hall–Kier alpha value is -1.01. The van der Waals surface area contributed by atoms with Crippen LogP contribution in [0.3, 0.4) is 0 Å². The van der Waals surface area contributed by atoms with Gasteiger partial charge in [-0.2, -0.15) is 0 Å². The first-order valence-corrected chi connectivity index (χ1v) is 7.57. The number of rotatable bonds is 6. The van der Waals surface area contributed by atoms with E-state index in [4.69, 9.17) is 0 Å². The fraction of sp³-hybridized carbons (Fsp3) is 0.643. The lowest BCUT2D eigenvalue weighted by molar-refractivity contribution is -0.385. The number of nitro groups is 1. The molecule has 112 valence electrons. The Balaban J connectivity index is 2.91. The van der Waals surface area contributed by atoms with Gasteiger partial charge >= 0.3 is 0 Å². The molecule has 1 N–H and O–H groups in total. The third kappa shape index (κ3) is 4.83. The first kappa shape index (κ1) is 17.0. The lowest BCUT2D eigenvalue weighted by Gasteiger charge is -2.31. The van der Waals surface area contributed by atoms with Crippen molar-refractivity contribution < 1.29 is 4.92 Å². The number of pyridine rings is 1. The quantitative estimate of drug-likeness (QED) is 0.631. The molecule has 1 rings (SSSR count). The summed E-state index contributed by atoms with van der Waals surface area (Å²) in [5.74, 6) is 0. The number of halogens is 1. The van der Waals surface area contributed by atoms with E-state index < -0.39 is 4.92 Å². The average Bonchev–Trinajstić information content (AvgIpc) is 2.34. The molecule has 5 nitrogen and oxygen atoms in total. The third-order valence-electron chi connectivity index (χ3n) is 3.20. The Morgan fingerprint density at radius 2 is 2.15 bits per heavy atom. The van der Waals surface area contributed by atoms with Crippen LogP contribution >= 0.6 is 15.9 Å². The van der Waals surface area contributed by atoms with Gasteiger partial charge in [0.25, 0.3) is 5.69 Å². The van der Waals surface area contributed by atoms with Crippen molar-refractivity contribution >= 4 is 21.6 Å². The molecule has 0 radical (unpaired) electrons. The highest BCUT2D eigenvalue weighted by atomic mass is 79.9. The van der Waals surface area contributed by atoms with E-state index in [0.717, 1.165) is 25.1 Å². The second-order valence-corrected chi connectivity index (χ2v) is 6.81. The summed E-state index contributed by atoms with van der Waals surface area (Å²) in [6.45, 7) is 9.62. The van der Waals surface area contributed by atoms with Crippen molar-refractivity contribution in [1.29, 1.82) is 0 Å². The molecule has 0 spiro atoms. The maximum Gasteiger partial charge on any atom is 0.288 e. The topological polar surface area (TPSA) is 68.1 Å². The highest BCUT2D eigenvalue weighted by molar-refractivity contribution is 9.10. The molecular weight excluding hydrogens is 322 g/mol. The first-order chi connectivity index (χ1) is 9.25. The van der Waals surface area contributed by atoms with Crippen LogP contribution in [0.4, 0.5) is 5.69 Å². The Labute approximate surface area is 128 Å². The Bertz CT molecular complexity index is 472. The largest absolute Gasteiger partial charge is 0.313 e.